The van der Waals surface area contributed by atoms with Gasteiger partial charge in [0.1, 0.15) is 5.56 Å². The molecule has 2 aromatic rings. The molecule has 0 spiro atoms. The maximum atomic E-state index is 12.6. The zero-order valence-electron chi connectivity index (χ0n) is 14.8. The van der Waals surface area contributed by atoms with Gasteiger partial charge in [0.2, 0.25) is 0 Å². The van der Waals surface area contributed by atoms with Gasteiger partial charge in [-0.25, -0.2) is 0 Å². The van der Waals surface area contributed by atoms with E-state index in [1.807, 2.05) is 52.2 Å². The number of rotatable bonds is 6. The number of halogens is 1. The van der Waals surface area contributed by atoms with Gasteiger partial charge in [-0.05, 0) is 38.7 Å². The molecule has 5 nitrogen and oxygen atoms in total. The molecule has 0 saturated carbocycles. The van der Waals surface area contributed by atoms with Crippen LogP contribution in [0.4, 0.5) is 0 Å². The van der Waals surface area contributed by atoms with Crippen LogP contribution in [0.25, 0.3) is 0 Å². The molecule has 1 N–H and O–H groups in total. The first-order valence-corrected chi connectivity index (χ1v) is 8.35. The predicted octanol–water partition coefficient (Wildman–Crippen LogP) is 3.79. The molecule has 1 aromatic heterocycles. The van der Waals surface area contributed by atoms with Gasteiger partial charge in [-0.3, -0.25) is 4.79 Å². The van der Waals surface area contributed by atoms with Crippen LogP contribution in [0.2, 0.25) is 5.02 Å². The molecule has 0 aliphatic carbocycles. The molecule has 1 amide bonds. The average Bonchev–Trinajstić information content (AvgIpc) is 2.90. The van der Waals surface area contributed by atoms with E-state index in [1.54, 1.807) is 6.92 Å². The number of aromatic nitrogens is 1. The lowest BCUT2D eigenvalue weighted by atomic mass is 10.0. The van der Waals surface area contributed by atoms with E-state index in [0.29, 0.717) is 28.6 Å². The van der Waals surface area contributed by atoms with Crippen molar-refractivity contribution in [3.05, 3.63) is 51.9 Å². The quantitative estimate of drug-likeness (QED) is 0.861. The molecular weight excluding hydrogens is 326 g/mol. The number of aryl methyl sites for hydroxylation is 1. The summed E-state index contributed by atoms with van der Waals surface area (Å²) in [6, 6.07) is 7.72. The van der Waals surface area contributed by atoms with Crippen molar-refractivity contribution >= 4 is 17.5 Å². The summed E-state index contributed by atoms with van der Waals surface area (Å²) in [5.41, 5.74) is 2.25. The Balaban J connectivity index is 2.14. The monoisotopic (exact) mass is 349 g/mol. The van der Waals surface area contributed by atoms with Crippen molar-refractivity contribution in [3.8, 4) is 0 Å². The standard InChI is InChI=1S/C18H24ClN3O2/c1-11(2)17-16(12(3)21-24-17)18(23)20-10-15(22(4)5)13-6-8-14(19)9-7-13/h6-9,11,15H,10H2,1-5H3,(H,20,23). The summed E-state index contributed by atoms with van der Waals surface area (Å²) in [6.07, 6.45) is 0. The van der Waals surface area contributed by atoms with Gasteiger partial charge in [-0.1, -0.05) is 42.7 Å². The molecular formula is C18H24ClN3O2. The van der Waals surface area contributed by atoms with Crippen molar-refractivity contribution < 1.29 is 9.32 Å². The van der Waals surface area contributed by atoms with Gasteiger partial charge in [0, 0.05) is 17.5 Å². The summed E-state index contributed by atoms with van der Waals surface area (Å²) in [7, 11) is 3.96. The first-order chi connectivity index (χ1) is 11.3. The zero-order chi connectivity index (χ0) is 17.9. The Morgan fingerprint density at radius 3 is 2.46 bits per heavy atom. The van der Waals surface area contributed by atoms with Crippen LogP contribution in [0, 0.1) is 6.92 Å². The Hall–Kier alpha value is -1.85. The Labute approximate surface area is 148 Å². The van der Waals surface area contributed by atoms with Gasteiger partial charge in [-0.2, -0.15) is 0 Å². The Bertz CT molecular complexity index is 693. The molecule has 130 valence electrons. The van der Waals surface area contributed by atoms with E-state index >= 15 is 0 Å². The first kappa shape index (κ1) is 18.5. The number of hydrogen-bond donors (Lipinski definition) is 1. The van der Waals surface area contributed by atoms with E-state index in [1.165, 1.54) is 0 Å². The minimum absolute atomic E-state index is 0.0499. The highest BCUT2D eigenvalue weighted by Gasteiger charge is 2.23. The van der Waals surface area contributed by atoms with E-state index in [-0.39, 0.29) is 17.9 Å². The van der Waals surface area contributed by atoms with Crippen molar-refractivity contribution in [2.75, 3.05) is 20.6 Å². The molecule has 1 unspecified atom stereocenters. The second-order valence-corrected chi connectivity index (χ2v) is 6.84. The van der Waals surface area contributed by atoms with E-state index in [4.69, 9.17) is 16.1 Å². The van der Waals surface area contributed by atoms with Crippen LogP contribution in [-0.4, -0.2) is 36.6 Å². The molecule has 1 heterocycles. The van der Waals surface area contributed by atoms with E-state index in [0.717, 1.165) is 5.56 Å². The molecule has 1 atom stereocenters. The summed E-state index contributed by atoms with van der Waals surface area (Å²) < 4.78 is 5.29. The van der Waals surface area contributed by atoms with E-state index in [9.17, 15) is 4.79 Å². The van der Waals surface area contributed by atoms with Crippen molar-refractivity contribution in [2.24, 2.45) is 0 Å². The van der Waals surface area contributed by atoms with Crippen LogP contribution in [0.3, 0.4) is 0 Å². The number of carbonyl (C=O) groups excluding carboxylic acids is 1. The van der Waals surface area contributed by atoms with Crippen molar-refractivity contribution in [1.29, 1.82) is 0 Å². The highest BCUT2D eigenvalue weighted by atomic mass is 35.5. The lowest BCUT2D eigenvalue weighted by Crippen LogP contribution is -2.35. The normalized spacial score (nSPS) is 12.7. The van der Waals surface area contributed by atoms with Crippen LogP contribution < -0.4 is 5.32 Å². The summed E-state index contributed by atoms with van der Waals surface area (Å²) in [6.45, 7) is 6.22. The summed E-state index contributed by atoms with van der Waals surface area (Å²) in [4.78, 5) is 14.7. The maximum absolute atomic E-state index is 12.6. The maximum Gasteiger partial charge on any atom is 0.256 e. The van der Waals surface area contributed by atoms with E-state index in [2.05, 4.69) is 15.4 Å². The molecule has 0 radical (unpaired) electrons. The molecule has 6 heteroatoms. The largest absolute Gasteiger partial charge is 0.360 e. The van der Waals surface area contributed by atoms with Crippen LogP contribution >= 0.6 is 11.6 Å². The lowest BCUT2D eigenvalue weighted by molar-refractivity contribution is 0.0939. The van der Waals surface area contributed by atoms with Gasteiger partial charge >= 0.3 is 0 Å². The van der Waals surface area contributed by atoms with Gasteiger partial charge in [0.25, 0.3) is 5.91 Å². The van der Waals surface area contributed by atoms with Crippen LogP contribution in [0.5, 0.6) is 0 Å². The van der Waals surface area contributed by atoms with Gasteiger partial charge < -0.3 is 14.7 Å². The Morgan fingerprint density at radius 2 is 1.92 bits per heavy atom. The third kappa shape index (κ3) is 4.16. The van der Waals surface area contributed by atoms with Gasteiger partial charge in [0.15, 0.2) is 5.76 Å². The van der Waals surface area contributed by atoms with Crippen molar-refractivity contribution in [1.82, 2.24) is 15.4 Å². The highest BCUT2D eigenvalue weighted by molar-refractivity contribution is 6.30. The lowest BCUT2D eigenvalue weighted by Gasteiger charge is -2.25. The average molecular weight is 350 g/mol. The van der Waals surface area contributed by atoms with Gasteiger partial charge in [-0.15, -0.1) is 0 Å². The third-order valence-electron chi connectivity index (χ3n) is 3.97. The fraction of sp³-hybridized carbons (Fsp3) is 0.444. The number of benzene rings is 1. The number of amides is 1. The molecule has 0 aliphatic rings. The topological polar surface area (TPSA) is 58.4 Å². The summed E-state index contributed by atoms with van der Waals surface area (Å²) in [5.74, 6) is 0.573. The van der Waals surface area contributed by atoms with Crippen LogP contribution in [0.1, 0.15) is 53.2 Å². The molecule has 2 rings (SSSR count). The zero-order valence-corrected chi connectivity index (χ0v) is 15.5. The van der Waals surface area contributed by atoms with Crippen molar-refractivity contribution in [2.45, 2.75) is 32.7 Å². The fourth-order valence-electron chi connectivity index (χ4n) is 2.62. The molecule has 0 bridgehead atoms. The minimum Gasteiger partial charge on any atom is -0.360 e. The molecule has 0 aliphatic heterocycles. The second-order valence-electron chi connectivity index (χ2n) is 6.40. The van der Waals surface area contributed by atoms with E-state index < -0.39 is 0 Å². The molecule has 1 aromatic carbocycles. The Morgan fingerprint density at radius 1 is 1.29 bits per heavy atom. The number of hydrogen-bond acceptors (Lipinski definition) is 4. The number of carbonyl (C=O) groups is 1. The Kier molecular flexibility index (Phi) is 6.02. The number of likely N-dealkylation sites (N-methyl/N-ethyl adjacent to an activating group) is 1. The molecule has 0 fully saturated rings. The van der Waals surface area contributed by atoms with Crippen LogP contribution in [0.15, 0.2) is 28.8 Å². The number of nitrogens with one attached hydrogen (secondary N) is 1. The predicted molar refractivity (Wildman–Crippen MR) is 95.5 cm³/mol. The summed E-state index contributed by atoms with van der Waals surface area (Å²) in [5, 5.41) is 7.63. The van der Waals surface area contributed by atoms with Crippen molar-refractivity contribution in [3.63, 3.8) is 0 Å². The molecule has 24 heavy (non-hydrogen) atoms. The number of nitrogens with zero attached hydrogens (tertiary/aromatic N) is 2. The van der Waals surface area contributed by atoms with Crippen LogP contribution in [-0.2, 0) is 0 Å². The SMILES string of the molecule is Cc1noc(C(C)C)c1C(=O)NCC(c1ccc(Cl)cc1)N(C)C. The minimum atomic E-state index is -0.154. The summed E-state index contributed by atoms with van der Waals surface area (Å²) >= 11 is 5.95. The second kappa shape index (κ2) is 7.81. The van der Waals surface area contributed by atoms with Gasteiger partial charge in [0.05, 0.1) is 11.7 Å². The first-order valence-electron chi connectivity index (χ1n) is 7.97. The fourth-order valence-corrected chi connectivity index (χ4v) is 2.74. The smallest absolute Gasteiger partial charge is 0.256 e. The third-order valence-corrected chi connectivity index (χ3v) is 4.23. The molecule has 0 saturated heterocycles. The highest BCUT2D eigenvalue weighted by Crippen LogP contribution is 2.23.